The van der Waals surface area contributed by atoms with Crippen LogP contribution in [-0.4, -0.2) is 30.1 Å². The molecule has 2 bridgehead atoms. The molecule has 2 aromatic carbocycles. The van der Waals surface area contributed by atoms with Gasteiger partial charge in [-0.3, -0.25) is 9.59 Å². The molecular weight excluding hydrogens is 366 g/mol. The fourth-order valence-electron chi connectivity index (χ4n) is 4.72. The van der Waals surface area contributed by atoms with Gasteiger partial charge in [0, 0.05) is 5.69 Å². The van der Waals surface area contributed by atoms with Crippen molar-refractivity contribution >= 4 is 17.6 Å². The van der Waals surface area contributed by atoms with E-state index in [4.69, 9.17) is 9.47 Å². The molecule has 3 aliphatic heterocycles. The molecule has 2 fully saturated rings. The highest BCUT2D eigenvalue weighted by Gasteiger charge is 2.67. The van der Waals surface area contributed by atoms with Crippen LogP contribution in [0.1, 0.15) is 18.1 Å². The summed E-state index contributed by atoms with van der Waals surface area (Å²) in [5.74, 6) is -1.57. The zero-order chi connectivity index (χ0) is 20.0. The van der Waals surface area contributed by atoms with Gasteiger partial charge in [0.15, 0.2) is 0 Å². The molecule has 3 aliphatic rings. The van der Waals surface area contributed by atoms with Crippen LogP contribution in [0.3, 0.4) is 0 Å². The van der Waals surface area contributed by atoms with Gasteiger partial charge < -0.3 is 14.4 Å². The number of amides is 1. The summed E-state index contributed by atoms with van der Waals surface area (Å²) in [5, 5.41) is 0. The molecule has 1 spiro atoms. The Bertz CT molecular complexity index is 968. The Morgan fingerprint density at radius 1 is 1.14 bits per heavy atom. The largest absolute Gasteiger partial charge is 0.460 e. The van der Waals surface area contributed by atoms with Crippen molar-refractivity contribution in [2.75, 3.05) is 11.4 Å². The highest BCUT2D eigenvalue weighted by atomic mass is 16.6. The average Bonchev–Trinajstić information content (AvgIpc) is 3.41. The highest BCUT2D eigenvalue weighted by molar-refractivity contribution is 6.02. The van der Waals surface area contributed by atoms with E-state index in [-0.39, 0.29) is 18.5 Å². The number of hydrogen-bond acceptors (Lipinski definition) is 4. The minimum atomic E-state index is -0.735. The van der Waals surface area contributed by atoms with Gasteiger partial charge >= 0.3 is 5.97 Å². The lowest BCUT2D eigenvalue weighted by Crippen LogP contribution is -2.40. The number of benzene rings is 2. The third kappa shape index (κ3) is 2.88. The van der Waals surface area contributed by atoms with Gasteiger partial charge in [-0.05, 0) is 29.7 Å². The normalized spacial score (nSPS) is 29.3. The first-order valence-corrected chi connectivity index (χ1v) is 10.1. The molecule has 0 saturated carbocycles. The second kappa shape index (κ2) is 6.85. The summed E-state index contributed by atoms with van der Waals surface area (Å²) >= 11 is 0. The number of aryl methyl sites for hydroxylation is 1. The van der Waals surface area contributed by atoms with Crippen LogP contribution >= 0.6 is 0 Å². The predicted molar refractivity (Wildman–Crippen MR) is 108 cm³/mol. The van der Waals surface area contributed by atoms with Gasteiger partial charge in [0.05, 0.1) is 18.6 Å². The zero-order valence-corrected chi connectivity index (χ0v) is 16.3. The van der Waals surface area contributed by atoms with Crippen LogP contribution in [0, 0.1) is 11.8 Å². The maximum Gasteiger partial charge on any atom is 0.313 e. The van der Waals surface area contributed by atoms with E-state index in [0.717, 1.165) is 17.7 Å². The number of fused-ring (bicyclic) bond motifs is 1. The first-order chi connectivity index (χ1) is 14.1. The summed E-state index contributed by atoms with van der Waals surface area (Å²) in [4.78, 5) is 28.0. The Balaban J connectivity index is 1.37. The number of hydrogen-bond donors (Lipinski definition) is 0. The molecule has 5 rings (SSSR count). The van der Waals surface area contributed by atoms with E-state index >= 15 is 0 Å². The number of rotatable bonds is 5. The predicted octanol–water partition coefficient (Wildman–Crippen LogP) is 3.28. The molecular formula is C24H23NO4. The lowest BCUT2D eigenvalue weighted by Gasteiger charge is -2.22. The quantitative estimate of drug-likeness (QED) is 0.582. The summed E-state index contributed by atoms with van der Waals surface area (Å²) in [6, 6.07) is 17.6. The second-order valence-corrected chi connectivity index (χ2v) is 7.94. The molecule has 0 radical (unpaired) electrons. The van der Waals surface area contributed by atoms with Gasteiger partial charge in [0.1, 0.15) is 18.1 Å². The Kier molecular flexibility index (Phi) is 4.28. The fraction of sp³-hybridized carbons (Fsp3) is 0.333. The van der Waals surface area contributed by atoms with E-state index in [9.17, 15) is 9.59 Å². The van der Waals surface area contributed by atoms with E-state index in [0.29, 0.717) is 6.54 Å². The molecule has 1 amide bonds. The maximum atomic E-state index is 13.3. The van der Waals surface area contributed by atoms with Crippen LogP contribution in [0.4, 0.5) is 5.69 Å². The van der Waals surface area contributed by atoms with Crippen molar-refractivity contribution < 1.29 is 19.1 Å². The van der Waals surface area contributed by atoms with E-state index < -0.39 is 23.5 Å². The van der Waals surface area contributed by atoms with E-state index in [1.807, 2.05) is 66.7 Å². The molecule has 3 heterocycles. The van der Waals surface area contributed by atoms with Gasteiger partial charge in [0.25, 0.3) is 0 Å². The minimum Gasteiger partial charge on any atom is -0.460 e. The van der Waals surface area contributed by atoms with Gasteiger partial charge in [-0.25, -0.2) is 0 Å². The van der Waals surface area contributed by atoms with E-state index in [2.05, 4.69) is 6.92 Å². The second-order valence-electron chi connectivity index (χ2n) is 7.94. The third-order valence-corrected chi connectivity index (χ3v) is 6.25. The Labute approximate surface area is 169 Å². The molecule has 5 nitrogen and oxygen atoms in total. The summed E-state index contributed by atoms with van der Waals surface area (Å²) in [6.45, 7) is 2.72. The number of carbonyl (C=O) groups is 2. The summed E-state index contributed by atoms with van der Waals surface area (Å²) in [6.07, 6.45) is 4.42. The van der Waals surface area contributed by atoms with Crippen molar-refractivity contribution in [2.45, 2.75) is 31.7 Å². The molecule has 2 aromatic rings. The number of nitrogens with zero attached hydrogens (tertiary/aromatic N) is 1. The molecule has 0 N–H and O–H groups in total. The Morgan fingerprint density at radius 2 is 1.90 bits per heavy atom. The summed E-state index contributed by atoms with van der Waals surface area (Å²) in [5.41, 5.74) is 2.25. The lowest BCUT2D eigenvalue weighted by molar-refractivity contribution is -0.153. The molecule has 0 aliphatic carbocycles. The topological polar surface area (TPSA) is 55.8 Å². The van der Waals surface area contributed by atoms with Gasteiger partial charge in [-0.2, -0.15) is 0 Å². The SMILES string of the molecule is CCc1ccc(N2C[C@@]34C=C[C@@H](O3)C(C(=O)OCc3ccccc3)[C@H]4C2=O)cc1. The Morgan fingerprint density at radius 3 is 2.62 bits per heavy atom. The van der Waals surface area contributed by atoms with Crippen molar-refractivity contribution in [2.24, 2.45) is 11.8 Å². The molecule has 29 heavy (non-hydrogen) atoms. The minimum absolute atomic E-state index is 0.0669. The summed E-state index contributed by atoms with van der Waals surface area (Å²) in [7, 11) is 0. The smallest absolute Gasteiger partial charge is 0.313 e. The first kappa shape index (κ1) is 18.1. The molecule has 148 valence electrons. The van der Waals surface area contributed by atoms with Crippen LogP contribution < -0.4 is 4.90 Å². The van der Waals surface area contributed by atoms with Crippen molar-refractivity contribution in [3.63, 3.8) is 0 Å². The number of carbonyl (C=O) groups excluding carboxylic acids is 2. The highest BCUT2D eigenvalue weighted by Crippen LogP contribution is 2.52. The van der Waals surface area contributed by atoms with Crippen molar-refractivity contribution in [1.29, 1.82) is 0 Å². The van der Waals surface area contributed by atoms with E-state index in [1.165, 1.54) is 5.56 Å². The lowest BCUT2D eigenvalue weighted by atomic mass is 9.77. The molecule has 2 saturated heterocycles. The molecule has 5 heteroatoms. The maximum absolute atomic E-state index is 13.3. The number of esters is 1. The van der Waals surface area contributed by atoms with E-state index in [1.54, 1.807) is 4.90 Å². The van der Waals surface area contributed by atoms with Gasteiger partial charge in [-0.15, -0.1) is 0 Å². The van der Waals surface area contributed by atoms with Crippen LogP contribution in [-0.2, 0) is 32.1 Å². The fourth-order valence-corrected chi connectivity index (χ4v) is 4.72. The molecule has 0 aromatic heterocycles. The molecule has 1 unspecified atom stereocenters. The first-order valence-electron chi connectivity index (χ1n) is 10.1. The van der Waals surface area contributed by atoms with Crippen molar-refractivity contribution in [3.05, 3.63) is 77.9 Å². The van der Waals surface area contributed by atoms with Crippen LogP contribution in [0.25, 0.3) is 0 Å². The van der Waals surface area contributed by atoms with Gasteiger partial charge in [-0.1, -0.05) is 61.5 Å². The number of anilines is 1. The van der Waals surface area contributed by atoms with Crippen molar-refractivity contribution in [1.82, 2.24) is 0 Å². The molecule has 4 atom stereocenters. The van der Waals surface area contributed by atoms with Gasteiger partial charge in [0.2, 0.25) is 5.91 Å². The standard InChI is InChI=1S/C24H23NO4/c1-2-16-8-10-18(11-9-16)25-15-24-13-12-19(29-24)20(21(24)22(25)26)23(27)28-14-17-6-4-3-5-7-17/h3-13,19-21H,2,14-15H2,1H3/t19-,20?,21+,24-/m1/s1. The average molecular weight is 389 g/mol. The van der Waals surface area contributed by atoms with Crippen LogP contribution in [0.5, 0.6) is 0 Å². The number of ether oxygens (including phenoxy) is 2. The third-order valence-electron chi connectivity index (χ3n) is 6.25. The summed E-state index contributed by atoms with van der Waals surface area (Å²) < 4.78 is 11.7. The van der Waals surface area contributed by atoms with Crippen molar-refractivity contribution in [3.8, 4) is 0 Å². The van der Waals surface area contributed by atoms with Crippen LogP contribution in [0.15, 0.2) is 66.7 Å². The Hall–Kier alpha value is -2.92. The van der Waals surface area contributed by atoms with Crippen LogP contribution in [0.2, 0.25) is 0 Å². The monoisotopic (exact) mass is 389 g/mol. The zero-order valence-electron chi connectivity index (χ0n) is 16.3.